The third-order valence-corrected chi connectivity index (χ3v) is 3.00. The molecule has 0 aliphatic carbocycles. The Morgan fingerprint density at radius 2 is 1.95 bits per heavy atom. The summed E-state index contributed by atoms with van der Waals surface area (Å²) in [6.07, 6.45) is 3.44. The molecule has 0 aliphatic heterocycles. The average molecular weight is 308 g/mol. The van der Waals surface area contributed by atoms with Gasteiger partial charge in [-0.15, -0.1) is 0 Å². The molecular weight excluding hydrogens is 294 g/mol. The molecule has 0 radical (unpaired) electrons. The van der Waals surface area contributed by atoms with E-state index in [1.807, 2.05) is 12.1 Å². The molecular formula is C15H14ClNO4. The monoisotopic (exact) mass is 307 g/mol. The van der Waals surface area contributed by atoms with E-state index < -0.39 is 5.24 Å². The van der Waals surface area contributed by atoms with Gasteiger partial charge in [-0.3, -0.25) is 4.79 Å². The fourth-order valence-corrected chi connectivity index (χ4v) is 1.97. The van der Waals surface area contributed by atoms with Crippen LogP contribution in [0.25, 0.3) is 12.2 Å². The molecule has 0 saturated heterocycles. The lowest BCUT2D eigenvalue weighted by Crippen LogP contribution is -1.91. The molecule has 0 fully saturated rings. The summed E-state index contributed by atoms with van der Waals surface area (Å²) in [6.45, 7) is 1.64. The Kier molecular flexibility index (Phi) is 4.65. The van der Waals surface area contributed by atoms with E-state index >= 15 is 0 Å². The van der Waals surface area contributed by atoms with Gasteiger partial charge in [-0.2, -0.15) is 0 Å². The molecule has 5 nitrogen and oxygen atoms in total. The van der Waals surface area contributed by atoms with Gasteiger partial charge >= 0.3 is 0 Å². The maximum atomic E-state index is 11.1. The summed E-state index contributed by atoms with van der Waals surface area (Å²) in [7, 11) is 3.15. The number of hydrogen-bond acceptors (Lipinski definition) is 5. The zero-order valence-electron chi connectivity index (χ0n) is 11.8. The fourth-order valence-electron chi connectivity index (χ4n) is 1.79. The van der Waals surface area contributed by atoms with Crippen molar-refractivity contribution in [1.29, 1.82) is 0 Å². The van der Waals surface area contributed by atoms with Crippen LogP contribution in [0, 0.1) is 6.92 Å². The number of carbonyl (C=O) groups is 1. The van der Waals surface area contributed by atoms with E-state index in [1.165, 1.54) is 0 Å². The summed E-state index contributed by atoms with van der Waals surface area (Å²) in [4.78, 5) is 15.1. The highest BCUT2D eigenvalue weighted by Gasteiger charge is 2.13. The van der Waals surface area contributed by atoms with Crippen LogP contribution in [0.15, 0.2) is 22.6 Å². The Balaban J connectivity index is 2.25. The molecule has 110 valence electrons. The first-order chi connectivity index (χ1) is 10.0. The van der Waals surface area contributed by atoms with Gasteiger partial charge < -0.3 is 13.9 Å². The summed E-state index contributed by atoms with van der Waals surface area (Å²) >= 11 is 5.40. The van der Waals surface area contributed by atoms with Gasteiger partial charge in [0.05, 0.1) is 14.2 Å². The van der Waals surface area contributed by atoms with Crippen molar-refractivity contribution in [3.63, 3.8) is 0 Å². The predicted molar refractivity (Wildman–Crippen MR) is 79.9 cm³/mol. The van der Waals surface area contributed by atoms with Gasteiger partial charge in [0.2, 0.25) is 5.89 Å². The highest BCUT2D eigenvalue weighted by molar-refractivity contribution is 6.67. The number of nitrogens with zero attached hydrogens (tertiary/aromatic N) is 1. The maximum Gasteiger partial charge on any atom is 0.274 e. The normalized spacial score (nSPS) is 10.9. The molecule has 0 bridgehead atoms. The van der Waals surface area contributed by atoms with Crippen molar-refractivity contribution in [2.24, 2.45) is 0 Å². The second kappa shape index (κ2) is 6.45. The number of methoxy groups -OCH3 is 2. The predicted octanol–water partition coefficient (Wildman–Crippen LogP) is 3.55. The molecule has 1 aromatic heterocycles. The maximum absolute atomic E-state index is 11.1. The van der Waals surface area contributed by atoms with Gasteiger partial charge in [-0.1, -0.05) is 6.07 Å². The molecule has 21 heavy (non-hydrogen) atoms. The Hall–Kier alpha value is -2.27. The first kappa shape index (κ1) is 15.1. The molecule has 1 aromatic carbocycles. The third kappa shape index (κ3) is 3.44. The molecule has 0 atom stereocenters. The van der Waals surface area contributed by atoms with E-state index in [9.17, 15) is 4.79 Å². The molecule has 0 unspecified atom stereocenters. The summed E-state index contributed by atoms with van der Waals surface area (Å²) < 4.78 is 15.7. The molecule has 2 rings (SSSR count). The van der Waals surface area contributed by atoms with Crippen LogP contribution in [0.2, 0.25) is 0 Å². The minimum absolute atomic E-state index is 0.128. The van der Waals surface area contributed by atoms with E-state index in [2.05, 4.69) is 4.98 Å². The Morgan fingerprint density at radius 3 is 2.52 bits per heavy atom. The zero-order chi connectivity index (χ0) is 15.4. The van der Waals surface area contributed by atoms with E-state index in [0.717, 1.165) is 5.56 Å². The number of halogens is 1. The molecule has 0 saturated carbocycles. The Labute approximate surface area is 127 Å². The summed E-state index contributed by atoms with van der Waals surface area (Å²) in [5, 5.41) is -0.637. The van der Waals surface area contributed by atoms with Gasteiger partial charge in [0.1, 0.15) is 5.76 Å². The van der Waals surface area contributed by atoms with Gasteiger partial charge in [0.15, 0.2) is 17.2 Å². The number of benzene rings is 1. The first-order valence-electron chi connectivity index (χ1n) is 6.12. The topological polar surface area (TPSA) is 61.6 Å². The van der Waals surface area contributed by atoms with Gasteiger partial charge in [0, 0.05) is 6.08 Å². The van der Waals surface area contributed by atoms with Crippen LogP contribution >= 0.6 is 11.6 Å². The zero-order valence-corrected chi connectivity index (χ0v) is 12.6. The second-order valence-corrected chi connectivity index (χ2v) is 4.52. The van der Waals surface area contributed by atoms with Crippen molar-refractivity contribution in [3.8, 4) is 11.5 Å². The SMILES string of the molecule is COc1ccc(/C=C/c2nc(C(=O)Cl)c(C)o2)cc1OC. The van der Waals surface area contributed by atoms with Crippen LogP contribution < -0.4 is 9.47 Å². The number of hydrogen-bond donors (Lipinski definition) is 0. The van der Waals surface area contributed by atoms with Crippen molar-refractivity contribution < 1.29 is 18.7 Å². The fraction of sp³-hybridized carbons (Fsp3) is 0.200. The van der Waals surface area contributed by atoms with E-state index in [0.29, 0.717) is 23.1 Å². The number of ether oxygens (including phenoxy) is 2. The highest BCUT2D eigenvalue weighted by atomic mass is 35.5. The number of aryl methyl sites for hydroxylation is 1. The lowest BCUT2D eigenvalue weighted by Gasteiger charge is -2.07. The van der Waals surface area contributed by atoms with Crippen molar-refractivity contribution in [2.75, 3.05) is 14.2 Å². The number of oxazole rings is 1. The highest BCUT2D eigenvalue weighted by Crippen LogP contribution is 2.28. The van der Waals surface area contributed by atoms with Crippen LogP contribution in [0.3, 0.4) is 0 Å². The van der Waals surface area contributed by atoms with Gasteiger partial charge in [-0.05, 0) is 42.3 Å². The minimum atomic E-state index is -0.637. The molecule has 2 aromatic rings. The van der Waals surface area contributed by atoms with Crippen molar-refractivity contribution in [3.05, 3.63) is 41.1 Å². The molecule has 6 heteroatoms. The Bertz CT molecular complexity index is 691. The second-order valence-electron chi connectivity index (χ2n) is 4.18. The molecule has 0 aliphatic rings. The summed E-state index contributed by atoms with van der Waals surface area (Å²) in [5.74, 6) is 1.98. The summed E-state index contributed by atoms with van der Waals surface area (Å²) in [5.41, 5.74) is 1.01. The van der Waals surface area contributed by atoms with Crippen molar-refractivity contribution in [1.82, 2.24) is 4.98 Å². The van der Waals surface area contributed by atoms with Crippen LogP contribution in [-0.2, 0) is 0 Å². The van der Waals surface area contributed by atoms with E-state index in [4.69, 9.17) is 25.5 Å². The quantitative estimate of drug-likeness (QED) is 0.790. The van der Waals surface area contributed by atoms with Crippen LogP contribution in [0.4, 0.5) is 0 Å². The standard InChI is InChI=1S/C15H14ClNO4/c1-9-14(15(16)18)17-13(21-9)7-5-10-4-6-11(19-2)12(8-10)20-3/h4-8H,1-3H3/b7-5+. The molecule has 0 N–H and O–H groups in total. The van der Waals surface area contributed by atoms with Crippen LogP contribution in [0.1, 0.15) is 27.7 Å². The number of aromatic nitrogens is 1. The van der Waals surface area contributed by atoms with Gasteiger partial charge in [0.25, 0.3) is 5.24 Å². The lowest BCUT2D eigenvalue weighted by molar-refractivity contribution is 0.107. The molecule has 0 spiro atoms. The Morgan fingerprint density at radius 1 is 1.24 bits per heavy atom. The largest absolute Gasteiger partial charge is 0.493 e. The minimum Gasteiger partial charge on any atom is -0.493 e. The summed E-state index contributed by atoms with van der Waals surface area (Å²) in [6, 6.07) is 5.48. The third-order valence-electron chi connectivity index (χ3n) is 2.83. The number of rotatable bonds is 5. The smallest absolute Gasteiger partial charge is 0.274 e. The molecule has 1 heterocycles. The van der Waals surface area contributed by atoms with Crippen molar-refractivity contribution in [2.45, 2.75) is 6.92 Å². The van der Waals surface area contributed by atoms with E-state index in [1.54, 1.807) is 39.4 Å². The van der Waals surface area contributed by atoms with Gasteiger partial charge in [-0.25, -0.2) is 4.98 Å². The van der Waals surface area contributed by atoms with Crippen molar-refractivity contribution >= 4 is 29.0 Å². The molecule has 0 amide bonds. The number of carbonyl (C=O) groups excluding carboxylic acids is 1. The van der Waals surface area contributed by atoms with Crippen LogP contribution in [0.5, 0.6) is 11.5 Å². The average Bonchev–Trinajstić information content (AvgIpc) is 2.86. The van der Waals surface area contributed by atoms with Crippen LogP contribution in [-0.4, -0.2) is 24.4 Å². The van der Waals surface area contributed by atoms with E-state index in [-0.39, 0.29) is 5.69 Å². The lowest BCUT2D eigenvalue weighted by atomic mass is 10.2. The first-order valence-corrected chi connectivity index (χ1v) is 6.50.